The van der Waals surface area contributed by atoms with Crippen LogP contribution in [0, 0.1) is 10.1 Å². The van der Waals surface area contributed by atoms with Crippen molar-refractivity contribution in [1.29, 1.82) is 0 Å². The zero-order valence-corrected chi connectivity index (χ0v) is 13.4. The fourth-order valence-corrected chi connectivity index (χ4v) is 2.12. The minimum Gasteiger partial charge on any atom is -0.493 e. The summed E-state index contributed by atoms with van der Waals surface area (Å²) >= 11 is 0. The first kappa shape index (κ1) is 17.3. The second-order valence-corrected chi connectivity index (χ2v) is 4.94. The molecule has 0 radical (unpaired) electrons. The van der Waals surface area contributed by atoms with E-state index < -0.39 is 4.92 Å². The smallest absolute Gasteiger partial charge is 0.307 e. The number of benzene rings is 1. The van der Waals surface area contributed by atoms with Crippen molar-refractivity contribution >= 4 is 11.6 Å². The topological polar surface area (TPSA) is 109 Å². The highest BCUT2D eigenvalue weighted by atomic mass is 16.6. The number of nitro groups is 1. The molecule has 1 aromatic carbocycles. The second kappa shape index (κ2) is 7.95. The highest BCUT2D eigenvalue weighted by molar-refractivity contribution is 5.75. The van der Waals surface area contributed by atoms with Gasteiger partial charge in [0.2, 0.25) is 5.91 Å². The molecule has 0 fully saturated rings. The summed E-state index contributed by atoms with van der Waals surface area (Å²) in [5, 5.41) is 17.1. The summed E-state index contributed by atoms with van der Waals surface area (Å²) in [7, 11) is 3.13. The van der Waals surface area contributed by atoms with Crippen LogP contribution in [0.4, 0.5) is 5.69 Å². The summed E-state index contributed by atoms with van der Waals surface area (Å²) in [6, 6.07) is 5.55. The van der Waals surface area contributed by atoms with Crippen molar-refractivity contribution in [2.45, 2.75) is 13.0 Å². The molecule has 1 aromatic heterocycles. The van der Waals surface area contributed by atoms with Gasteiger partial charge in [0.15, 0.2) is 11.5 Å². The molecule has 0 aliphatic rings. The molecule has 0 saturated carbocycles. The van der Waals surface area contributed by atoms with Crippen LogP contribution in [0.5, 0.6) is 11.5 Å². The molecule has 0 unspecified atom stereocenters. The lowest BCUT2D eigenvalue weighted by atomic mass is 10.1. The Labute approximate surface area is 138 Å². The largest absolute Gasteiger partial charge is 0.493 e. The molecule has 0 saturated heterocycles. The number of carbonyl (C=O) groups excluding carboxylic acids is 1. The molecule has 128 valence electrons. The van der Waals surface area contributed by atoms with Crippen LogP contribution in [0.25, 0.3) is 0 Å². The lowest BCUT2D eigenvalue weighted by Crippen LogP contribution is -2.29. The van der Waals surface area contributed by atoms with E-state index in [0.29, 0.717) is 24.5 Å². The Bertz CT molecular complexity index is 728. The predicted octanol–water partition coefficient (Wildman–Crippen LogP) is 1.17. The molecular formula is C15H18N4O5. The fraction of sp³-hybridized carbons (Fsp3) is 0.333. The number of ether oxygens (including phenoxy) is 2. The summed E-state index contributed by atoms with van der Waals surface area (Å²) in [5.41, 5.74) is 0.843. The van der Waals surface area contributed by atoms with Gasteiger partial charge in [-0.3, -0.25) is 19.6 Å². The summed E-state index contributed by atoms with van der Waals surface area (Å²) < 4.78 is 11.6. The maximum absolute atomic E-state index is 11.8. The van der Waals surface area contributed by atoms with E-state index in [-0.39, 0.29) is 18.1 Å². The van der Waals surface area contributed by atoms with Gasteiger partial charge in [0, 0.05) is 6.54 Å². The molecule has 2 rings (SSSR count). The lowest BCUT2D eigenvalue weighted by molar-refractivity contribution is -0.385. The predicted molar refractivity (Wildman–Crippen MR) is 85.1 cm³/mol. The van der Waals surface area contributed by atoms with Crippen LogP contribution in [-0.2, 0) is 17.8 Å². The number of rotatable bonds is 8. The molecule has 24 heavy (non-hydrogen) atoms. The van der Waals surface area contributed by atoms with Crippen molar-refractivity contribution in [3.05, 3.63) is 46.3 Å². The quantitative estimate of drug-likeness (QED) is 0.573. The minimum atomic E-state index is -0.557. The number of nitrogens with one attached hydrogen (secondary N) is 1. The molecule has 0 aliphatic heterocycles. The SMILES string of the molecule is COc1ccc(CCNC(=O)Cn2cc([N+](=O)[O-])cn2)cc1OC. The maximum Gasteiger partial charge on any atom is 0.307 e. The molecule has 9 nitrogen and oxygen atoms in total. The van der Waals surface area contributed by atoms with Crippen LogP contribution in [-0.4, -0.2) is 41.4 Å². The molecule has 9 heteroatoms. The molecule has 0 atom stereocenters. The van der Waals surface area contributed by atoms with Crippen LogP contribution in [0.3, 0.4) is 0 Å². The third-order valence-electron chi connectivity index (χ3n) is 3.32. The average Bonchev–Trinajstić information content (AvgIpc) is 3.03. The van der Waals surface area contributed by atoms with Crippen LogP contribution in [0.1, 0.15) is 5.56 Å². The van der Waals surface area contributed by atoms with E-state index in [4.69, 9.17) is 9.47 Å². The first-order chi connectivity index (χ1) is 11.5. The van der Waals surface area contributed by atoms with Gasteiger partial charge in [0.25, 0.3) is 0 Å². The van der Waals surface area contributed by atoms with Gasteiger partial charge >= 0.3 is 5.69 Å². The molecule has 1 amide bonds. The first-order valence-electron chi connectivity index (χ1n) is 7.18. The zero-order chi connectivity index (χ0) is 17.5. The summed E-state index contributed by atoms with van der Waals surface area (Å²) in [5.74, 6) is 1.00. The van der Waals surface area contributed by atoms with Gasteiger partial charge in [0.1, 0.15) is 18.9 Å². The van der Waals surface area contributed by atoms with Crippen molar-refractivity contribution in [2.75, 3.05) is 20.8 Å². The fourth-order valence-electron chi connectivity index (χ4n) is 2.12. The molecule has 0 aliphatic carbocycles. The normalized spacial score (nSPS) is 10.2. The van der Waals surface area contributed by atoms with Crippen molar-refractivity contribution in [3.63, 3.8) is 0 Å². The van der Waals surface area contributed by atoms with Crippen molar-refractivity contribution in [1.82, 2.24) is 15.1 Å². The van der Waals surface area contributed by atoms with Gasteiger partial charge in [0.05, 0.1) is 19.1 Å². The Morgan fingerprint density at radius 3 is 2.71 bits per heavy atom. The molecule has 1 N–H and O–H groups in total. The van der Waals surface area contributed by atoms with Crippen LogP contribution in [0.15, 0.2) is 30.6 Å². The molecule has 1 heterocycles. The van der Waals surface area contributed by atoms with E-state index in [2.05, 4.69) is 10.4 Å². The summed E-state index contributed by atoms with van der Waals surface area (Å²) in [6.45, 7) is 0.359. The van der Waals surface area contributed by atoms with E-state index >= 15 is 0 Å². The number of carbonyl (C=O) groups is 1. The number of amides is 1. The van der Waals surface area contributed by atoms with Gasteiger partial charge in [-0.25, -0.2) is 0 Å². The molecule has 0 spiro atoms. The van der Waals surface area contributed by atoms with E-state index in [9.17, 15) is 14.9 Å². The summed E-state index contributed by atoms with van der Waals surface area (Å²) in [4.78, 5) is 21.8. The van der Waals surface area contributed by atoms with Gasteiger partial charge < -0.3 is 14.8 Å². The minimum absolute atomic E-state index is 0.0697. The average molecular weight is 334 g/mol. The number of hydrogen-bond acceptors (Lipinski definition) is 6. The Balaban J connectivity index is 1.82. The Hall–Kier alpha value is -3.10. The second-order valence-electron chi connectivity index (χ2n) is 4.94. The van der Waals surface area contributed by atoms with Crippen molar-refractivity contribution in [2.24, 2.45) is 0 Å². The van der Waals surface area contributed by atoms with Gasteiger partial charge in [-0.2, -0.15) is 5.10 Å². The number of aromatic nitrogens is 2. The van der Waals surface area contributed by atoms with Crippen molar-refractivity contribution in [3.8, 4) is 11.5 Å². The zero-order valence-electron chi connectivity index (χ0n) is 13.4. The standard InChI is InChI=1S/C15H18N4O5/c1-23-13-4-3-11(7-14(13)24-2)5-6-16-15(20)10-18-9-12(8-17-18)19(21)22/h3-4,7-9H,5-6,10H2,1-2H3,(H,16,20). The maximum atomic E-state index is 11.8. The third-order valence-corrected chi connectivity index (χ3v) is 3.32. The van der Waals surface area contributed by atoms with Gasteiger partial charge in [-0.15, -0.1) is 0 Å². The van der Waals surface area contributed by atoms with Crippen LogP contribution < -0.4 is 14.8 Å². The van der Waals surface area contributed by atoms with Gasteiger partial charge in [-0.05, 0) is 24.1 Å². The van der Waals surface area contributed by atoms with Crippen LogP contribution in [0.2, 0.25) is 0 Å². The highest BCUT2D eigenvalue weighted by Gasteiger charge is 2.11. The van der Waals surface area contributed by atoms with E-state index in [1.165, 1.54) is 10.9 Å². The monoisotopic (exact) mass is 334 g/mol. The Morgan fingerprint density at radius 1 is 1.33 bits per heavy atom. The summed E-state index contributed by atoms with van der Waals surface area (Å²) in [6.07, 6.45) is 2.94. The van der Waals surface area contributed by atoms with E-state index in [0.717, 1.165) is 11.8 Å². The molecular weight excluding hydrogens is 316 g/mol. The van der Waals surface area contributed by atoms with E-state index in [1.807, 2.05) is 12.1 Å². The highest BCUT2D eigenvalue weighted by Crippen LogP contribution is 2.27. The Morgan fingerprint density at radius 2 is 2.08 bits per heavy atom. The first-order valence-corrected chi connectivity index (χ1v) is 7.18. The van der Waals surface area contributed by atoms with Gasteiger partial charge in [-0.1, -0.05) is 6.07 Å². The van der Waals surface area contributed by atoms with E-state index in [1.54, 1.807) is 20.3 Å². The number of hydrogen-bond donors (Lipinski definition) is 1. The number of methoxy groups -OCH3 is 2. The van der Waals surface area contributed by atoms with Crippen LogP contribution >= 0.6 is 0 Å². The number of nitrogens with zero attached hydrogens (tertiary/aromatic N) is 3. The molecule has 2 aromatic rings. The third kappa shape index (κ3) is 4.45. The molecule has 0 bridgehead atoms. The lowest BCUT2D eigenvalue weighted by Gasteiger charge is -2.10. The van der Waals surface area contributed by atoms with Crippen molar-refractivity contribution < 1.29 is 19.2 Å². The Kier molecular flexibility index (Phi) is 5.72.